The third-order valence-electron chi connectivity index (χ3n) is 2.06. The van der Waals surface area contributed by atoms with E-state index in [1.807, 2.05) is 33.8 Å². The van der Waals surface area contributed by atoms with Crippen LogP contribution >= 0.6 is 0 Å². The van der Waals surface area contributed by atoms with Crippen molar-refractivity contribution in [2.24, 2.45) is 5.41 Å². The summed E-state index contributed by atoms with van der Waals surface area (Å²) in [5.74, 6) is 0.208. The van der Waals surface area contributed by atoms with Crippen LogP contribution in [0.25, 0.3) is 0 Å². The van der Waals surface area contributed by atoms with E-state index < -0.39 is 0 Å². The molecule has 0 bridgehead atoms. The second-order valence-corrected chi connectivity index (χ2v) is 4.30. The number of nitrogens with zero attached hydrogens (tertiary/aromatic N) is 2. The molecule has 0 aromatic carbocycles. The number of rotatable bonds is 2. The van der Waals surface area contributed by atoms with Crippen LogP contribution in [-0.2, 0) is 11.3 Å². The van der Waals surface area contributed by atoms with Crippen LogP contribution in [0.4, 0.5) is 0 Å². The van der Waals surface area contributed by atoms with Gasteiger partial charge in [0.1, 0.15) is 6.54 Å². The summed E-state index contributed by atoms with van der Waals surface area (Å²) < 4.78 is 1.73. The molecule has 72 valence electrons. The molecule has 1 rings (SSSR count). The van der Waals surface area contributed by atoms with Crippen molar-refractivity contribution in [3.05, 3.63) is 18.0 Å². The van der Waals surface area contributed by atoms with E-state index in [4.69, 9.17) is 0 Å². The molecule has 3 heteroatoms. The van der Waals surface area contributed by atoms with E-state index in [0.717, 1.165) is 5.69 Å². The SMILES string of the molecule is Cc1ccnn1CC(=O)C(C)(C)C. The smallest absolute Gasteiger partial charge is 0.159 e. The lowest BCUT2D eigenvalue weighted by molar-refractivity contribution is -0.127. The summed E-state index contributed by atoms with van der Waals surface area (Å²) in [5.41, 5.74) is 0.746. The number of aromatic nitrogens is 2. The molecule has 0 amide bonds. The molecule has 1 aromatic rings. The molecule has 13 heavy (non-hydrogen) atoms. The second kappa shape index (κ2) is 3.32. The average Bonchev–Trinajstić information content (AvgIpc) is 2.34. The van der Waals surface area contributed by atoms with Gasteiger partial charge in [0.15, 0.2) is 5.78 Å². The Balaban J connectivity index is 2.71. The van der Waals surface area contributed by atoms with E-state index in [0.29, 0.717) is 6.54 Å². The van der Waals surface area contributed by atoms with Crippen LogP contribution < -0.4 is 0 Å². The van der Waals surface area contributed by atoms with Gasteiger partial charge in [-0.2, -0.15) is 5.10 Å². The number of aryl methyl sites for hydroxylation is 1. The standard InChI is InChI=1S/C10H16N2O/c1-8-5-6-11-12(8)7-9(13)10(2,3)4/h5-6H,7H2,1-4H3. The highest BCUT2D eigenvalue weighted by Gasteiger charge is 2.21. The van der Waals surface area contributed by atoms with Crippen molar-refractivity contribution in [1.82, 2.24) is 9.78 Å². The van der Waals surface area contributed by atoms with Gasteiger partial charge < -0.3 is 0 Å². The molecule has 0 unspecified atom stereocenters. The maximum atomic E-state index is 11.6. The monoisotopic (exact) mass is 180 g/mol. The van der Waals surface area contributed by atoms with E-state index in [-0.39, 0.29) is 11.2 Å². The van der Waals surface area contributed by atoms with Gasteiger partial charge in [0.25, 0.3) is 0 Å². The topological polar surface area (TPSA) is 34.9 Å². The van der Waals surface area contributed by atoms with Crippen molar-refractivity contribution < 1.29 is 4.79 Å². The zero-order chi connectivity index (χ0) is 10.1. The maximum absolute atomic E-state index is 11.6. The highest BCUT2D eigenvalue weighted by atomic mass is 16.1. The Hall–Kier alpha value is -1.12. The number of hydrogen-bond donors (Lipinski definition) is 0. The Morgan fingerprint density at radius 3 is 2.54 bits per heavy atom. The highest BCUT2D eigenvalue weighted by molar-refractivity contribution is 5.83. The zero-order valence-corrected chi connectivity index (χ0v) is 8.66. The summed E-state index contributed by atoms with van der Waals surface area (Å²) in [7, 11) is 0. The molecule has 0 aliphatic carbocycles. The highest BCUT2D eigenvalue weighted by Crippen LogP contribution is 2.15. The first-order chi connectivity index (χ1) is 5.91. The summed E-state index contributed by atoms with van der Waals surface area (Å²) in [6, 6.07) is 1.90. The minimum atomic E-state index is -0.279. The van der Waals surface area contributed by atoms with Gasteiger partial charge in [0, 0.05) is 17.3 Å². The fourth-order valence-corrected chi connectivity index (χ4v) is 0.938. The number of carbonyl (C=O) groups is 1. The summed E-state index contributed by atoms with van der Waals surface area (Å²) in [6.07, 6.45) is 1.71. The molecule has 3 nitrogen and oxygen atoms in total. The fraction of sp³-hybridized carbons (Fsp3) is 0.600. The minimum absolute atomic E-state index is 0.208. The lowest BCUT2D eigenvalue weighted by Crippen LogP contribution is -2.25. The number of Topliss-reactive ketones (excluding diaryl/α,β-unsaturated/α-hetero) is 1. The van der Waals surface area contributed by atoms with Crippen molar-refractivity contribution in [1.29, 1.82) is 0 Å². The van der Waals surface area contributed by atoms with Gasteiger partial charge in [-0.15, -0.1) is 0 Å². The van der Waals surface area contributed by atoms with Crippen LogP contribution in [0.3, 0.4) is 0 Å². The second-order valence-electron chi connectivity index (χ2n) is 4.30. The van der Waals surface area contributed by atoms with E-state index >= 15 is 0 Å². The van der Waals surface area contributed by atoms with Gasteiger partial charge in [-0.25, -0.2) is 0 Å². The Morgan fingerprint density at radius 2 is 2.15 bits per heavy atom. The van der Waals surface area contributed by atoms with E-state index in [1.54, 1.807) is 10.9 Å². The average molecular weight is 180 g/mol. The summed E-state index contributed by atoms with van der Waals surface area (Å²) in [6.45, 7) is 8.10. The Morgan fingerprint density at radius 1 is 1.54 bits per heavy atom. The first kappa shape index (κ1) is 9.96. The first-order valence-electron chi connectivity index (χ1n) is 4.43. The van der Waals surface area contributed by atoms with Crippen molar-refractivity contribution in [3.8, 4) is 0 Å². The first-order valence-corrected chi connectivity index (χ1v) is 4.43. The molecule has 0 N–H and O–H groups in total. The van der Waals surface area contributed by atoms with Gasteiger partial charge in [0.05, 0.1) is 0 Å². The van der Waals surface area contributed by atoms with E-state index in [2.05, 4.69) is 5.10 Å². The van der Waals surface area contributed by atoms with Crippen molar-refractivity contribution in [2.75, 3.05) is 0 Å². The minimum Gasteiger partial charge on any atom is -0.297 e. The molecular formula is C10H16N2O. The molecule has 1 heterocycles. The number of carbonyl (C=O) groups excluding carboxylic acids is 1. The third-order valence-corrected chi connectivity index (χ3v) is 2.06. The molecule has 0 atom stereocenters. The van der Waals surface area contributed by atoms with Crippen LogP contribution in [0, 0.1) is 12.3 Å². The predicted molar refractivity (Wildman–Crippen MR) is 51.4 cm³/mol. The van der Waals surface area contributed by atoms with Gasteiger partial charge in [-0.3, -0.25) is 9.48 Å². The van der Waals surface area contributed by atoms with Crippen LogP contribution in [0.5, 0.6) is 0 Å². The van der Waals surface area contributed by atoms with Gasteiger partial charge in [-0.05, 0) is 13.0 Å². The van der Waals surface area contributed by atoms with Gasteiger partial charge >= 0.3 is 0 Å². The van der Waals surface area contributed by atoms with E-state index in [9.17, 15) is 4.79 Å². The lowest BCUT2D eigenvalue weighted by Gasteiger charge is -2.16. The quantitative estimate of drug-likeness (QED) is 0.695. The van der Waals surface area contributed by atoms with Crippen molar-refractivity contribution in [3.63, 3.8) is 0 Å². The Kier molecular flexibility index (Phi) is 2.55. The predicted octanol–water partition coefficient (Wildman–Crippen LogP) is 1.81. The summed E-state index contributed by atoms with van der Waals surface area (Å²) in [5, 5.41) is 4.07. The summed E-state index contributed by atoms with van der Waals surface area (Å²) >= 11 is 0. The lowest BCUT2D eigenvalue weighted by atomic mass is 9.91. The molecule has 0 saturated carbocycles. The van der Waals surface area contributed by atoms with Crippen molar-refractivity contribution >= 4 is 5.78 Å². The normalized spacial score (nSPS) is 11.7. The fourth-order valence-electron chi connectivity index (χ4n) is 0.938. The zero-order valence-electron chi connectivity index (χ0n) is 8.66. The number of hydrogen-bond acceptors (Lipinski definition) is 2. The molecule has 0 spiro atoms. The molecule has 0 fully saturated rings. The Labute approximate surface area is 78.8 Å². The largest absolute Gasteiger partial charge is 0.297 e. The number of ketones is 1. The van der Waals surface area contributed by atoms with Crippen LogP contribution in [-0.4, -0.2) is 15.6 Å². The van der Waals surface area contributed by atoms with E-state index in [1.165, 1.54) is 0 Å². The summed E-state index contributed by atoms with van der Waals surface area (Å²) in [4.78, 5) is 11.6. The van der Waals surface area contributed by atoms with Gasteiger partial charge in [0.2, 0.25) is 0 Å². The maximum Gasteiger partial charge on any atom is 0.159 e. The molecule has 1 aromatic heterocycles. The molecule has 0 aliphatic heterocycles. The van der Waals surface area contributed by atoms with Gasteiger partial charge in [-0.1, -0.05) is 20.8 Å². The van der Waals surface area contributed by atoms with Crippen LogP contribution in [0.15, 0.2) is 12.3 Å². The van der Waals surface area contributed by atoms with Crippen LogP contribution in [0.1, 0.15) is 26.5 Å². The van der Waals surface area contributed by atoms with Crippen molar-refractivity contribution in [2.45, 2.75) is 34.2 Å². The molecule has 0 aliphatic rings. The molecule has 0 radical (unpaired) electrons. The molecule has 0 saturated heterocycles. The molecular weight excluding hydrogens is 164 g/mol. The Bertz CT molecular complexity index is 307. The van der Waals surface area contributed by atoms with Crippen LogP contribution in [0.2, 0.25) is 0 Å². The third kappa shape index (κ3) is 2.41.